The molecule has 1 fully saturated rings. The van der Waals surface area contributed by atoms with E-state index in [9.17, 15) is 74.7 Å². The van der Waals surface area contributed by atoms with Crippen LogP contribution in [0.2, 0.25) is 0 Å². The summed E-state index contributed by atoms with van der Waals surface area (Å²) in [7, 11) is 0. The molecule has 1 aliphatic rings. The number of carbonyl (C=O) groups excluding carboxylic acids is 6. The molecule has 2 rings (SSSR count). The predicted molar refractivity (Wildman–Crippen MR) is 184 cm³/mol. The molecule has 1 saturated heterocycles. The highest BCUT2D eigenvalue weighted by atomic mass is 16.7. The molecule has 55 heavy (non-hydrogen) atoms. The van der Waals surface area contributed by atoms with E-state index >= 15 is 0 Å². The number of nitrogens with two attached hydrogens (primary N) is 1. The van der Waals surface area contributed by atoms with Crippen molar-refractivity contribution < 1.29 is 88.9 Å². The Morgan fingerprint density at radius 2 is 1.47 bits per heavy atom. The van der Waals surface area contributed by atoms with Crippen LogP contribution in [0.15, 0.2) is 24.3 Å². The Morgan fingerprint density at radius 3 is 2.00 bits per heavy atom. The zero-order valence-corrected chi connectivity index (χ0v) is 30.3. The van der Waals surface area contributed by atoms with Crippen LogP contribution in [0.4, 0.5) is 5.69 Å². The van der Waals surface area contributed by atoms with Crippen LogP contribution in [-0.2, 0) is 49.6 Å². The van der Waals surface area contributed by atoms with Crippen LogP contribution in [0.5, 0.6) is 0 Å². The van der Waals surface area contributed by atoms with Gasteiger partial charge in [-0.05, 0) is 31.5 Å². The Hall–Kier alpha value is -4.00. The van der Waals surface area contributed by atoms with Gasteiger partial charge in [-0.25, -0.2) is 0 Å². The Labute approximate surface area is 315 Å². The Morgan fingerprint density at radius 1 is 0.855 bits per heavy atom. The van der Waals surface area contributed by atoms with Crippen LogP contribution in [0.3, 0.4) is 0 Å². The van der Waals surface area contributed by atoms with Gasteiger partial charge in [-0.1, -0.05) is 12.1 Å². The third-order valence-corrected chi connectivity index (χ3v) is 8.81. The van der Waals surface area contributed by atoms with Gasteiger partial charge in [0.1, 0.15) is 55.4 Å². The van der Waals surface area contributed by atoms with Gasteiger partial charge >= 0.3 is 5.97 Å². The Bertz CT molecular complexity index is 1460. The van der Waals surface area contributed by atoms with Crippen molar-refractivity contribution >= 4 is 40.9 Å². The highest BCUT2D eigenvalue weighted by Gasteiger charge is 2.47. The van der Waals surface area contributed by atoms with Gasteiger partial charge in [0, 0.05) is 31.9 Å². The van der Waals surface area contributed by atoms with E-state index in [0.717, 1.165) is 6.92 Å². The number of ketones is 2. The third-order valence-electron chi connectivity index (χ3n) is 8.81. The number of esters is 1. The molecule has 0 saturated carbocycles. The molecule has 13 atom stereocenters. The summed E-state index contributed by atoms with van der Waals surface area (Å²) in [6, 6.07) is 4.79. The van der Waals surface area contributed by atoms with E-state index < -0.39 is 147 Å². The Balaban J connectivity index is 2.10. The first-order chi connectivity index (χ1) is 25.7. The highest BCUT2D eigenvalue weighted by Crippen LogP contribution is 2.26. The number of amides is 3. The largest absolute Gasteiger partial charge is 0.461 e. The van der Waals surface area contributed by atoms with Crippen molar-refractivity contribution in [3.05, 3.63) is 29.8 Å². The smallest absolute Gasteiger partial charge is 0.302 e. The molecule has 21 heteroatoms. The molecule has 13 N–H and O–H groups in total. The molecule has 1 heterocycles. The van der Waals surface area contributed by atoms with Crippen molar-refractivity contribution in [1.82, 2.24) is 5.32 Å². The number of carbonyl (C=O) groups is 6. The summed E-state index contributed by atoms with van der Waals surface area (Å²) >= 11 is 0. The molecule has 1 aromatic carbocycles. The SMILES string of the molecule is CC(=O)OCc1ccc(NC(=O)C(CC(N)=O)CC(=O)C(C)NC(=O)C(CC(=O)[C@H](O)[C@H](O)[C@@H](O[C@@H]2O[C@H](CO)[C@H](O)[C@H](O)[C@H]2O)[C@H](O)CO)C(C)O)cc1. The maximum absolute atomic E-state index is 13.2. The fraction of sp³-hybridized carbons (Fsp3) is 0.647. The zero-order chi connectivity index (χ0) is 41.7. The van der Waals surface area contributed by atoms with Crippen molar-refractivity contribution in [2.45, 2.75) is 114 Å². The summed E-state index contributed by atoms with van der Waals surface area (Å²) in [4.78, 5) is 75.2. The van der Waals surface area contributed by atoms with E-state index in [4.69, 9.17) is 19.9 Å². The van der Waals surface area contributed by atoms with Gasteiger partial charge in [0.05, 0.1) is 37.2 Å². The number of rotatable bonds is 22. The van der Waals surface area contributed by atoms with Crippen LogP contribution >= 0.6 is 0 Å². The van der Waals surface area contributed by atoms with Crippen molar-refractivity contribution in [2.75, 3.05) is 18.5 Å². The first-order valence-electron chi connectivity index (χ1n) is 17.2. The molecule has 1 aromatic rings. The molecular formula is C34H51N3O18. The molecule has 0 aliphatic carbocycles. The second kappa shape index (κ2) is 21.9. The van der Waals surface area contributed by atoms with Crippen molar-refractivity contribution in [3.63, 3.8) is 0 Å². The average molecular weight is 790 g/mol. The lowest BCUT2D eigenvalue weighted by molar-refractivity contribution is -0.326. The van der Waals surface area contributed by atoms with Crippen molar-refractivity contribution in [2.24, 2.45) is 17.6 Å². The minimum absolute atomic E-state index is 0.00268. The molecule has 0 aromatic heterocycles. The first kappa shape index (κ1) is 47.2. The number of aliphatic hydroxyl groups is 9. The minimum atomic E-state index is -2.47. The zero-order valence-electron chi connectivity index (χ0n) is 30.3. The third kappa shape index (κ3) is 13.9. The maximum Gasteiger partial charge on any atom is 0.302 e. The molecule has 0 radical (unpaired) electrons. The summed E-state index contributed by atoms with van der Waals surface area (Å²) in [5, 5.41) is 96.1. The summed E-state index contributed by atoms with van der Waals surface area (Å²) in [5.41, 5.74) is 6.21. The van der Waals surface area contributed by atoms with E-state index in [1.807, 2.05) is 0 Å². The molecule has 4 unspecified atom stereocenters. The lowest BCUT2D eigenvalue weighted by Crippen LogP contribution is -2.61. The van der Waals surface area contributed by atoms with E-state index in [1.165, 1.54) is 26.0 Å². The fourth-order valence-electron chi connectivity index (χ4n) is 5.46. The maximum atomic E-state index is 13.2. The van der Waals surface area contributed by atoms with Crippen molar-refractivity contribution in [1.29, 1.82) is 0 Å². The number of ether oxygens (including phenoxy) is 3. The van der Waals surface area contributed by atoms with Gasteiger partial charge in [0.2, 0.25) is 17.7 Å². The molecule has 3 amide bonds. The van der Waals surface area contributed by atoms with Gasteiger partial charge < -0.3 is 76.5 Å². The van der Waals surface area contributed by atoms with Crippen LogP contribution in [0.1, 0.15) is 45.6 Å². The lowest BCUT2D eigenvalue weighted by atomic mass is 9.90. The second-order valence-corrected chi connectivity index (χ2v) is 13.2. The number of Topliss-reactive ketones (excluding diaryl/α,β-unsaturated/α-hetero) is 2. The standard InChI is InChI=1S/C34H51N3O18/c1-14(21(42)8-18(9-25(35)45)32(51)37-19-6-4-17(5-7-19)13-53-16(3)41)36-33(52)20(15(2)40)10-22(43)26(46)29(49)31(23(44)11-38)55-34-30(50)28(48)27(47)24(12-39)54-34/h4-7,14-15,18,20,23-24,26-31,34,38-40,44,46-50H,8-13H2,1-3H3,(H2,35,45)(H,36,52)(H,37,51)/t14?,15?,18?,20?,23-,24-,26+,27+,28+,29+,30-,31+,34+/m1/s1. The van der Waals surface area contributed by atoms with Gasteiger partial charge in [-0.2, -0.15) is 0 Å². The number of benzene rings is 1. The molecule has 0 spiro atoms. The molecule has 310 valence electrons. The van der Waals surface area contributed by atoms with Crippen molar-refractivity contribution in [3.8, 4) is 0 Å². The molecule has 0 bridgehead atoms. The fourth-order valence-corrected chi connectivity index (χ4v) is 5.46. The van der Waals surface area contributed by atoms with Crippen LogP contribution < -0.4 is 16.4 Å². The minimum Gasteiger partial charge on any atom is -0.461 e. The predicted octanol–water partition coefficient (Wildman–Crippen LogP) is -5.14. The number of nitrogens with one attached hydrogen (secondary N) is 2. The summed E-state index contributed by atoms with van der Waals surface area (Å²) in [6.45, 7) is 1.60. The van der Waals surface area contributed by atoms with Crippen LogP contribution in [0, 0.1) is 11.8 Å². The second-order valence-electron chi connectivity index (χ2n) is 13.2. The summed E-state index contributed by atoms with van der Waals surface area (Å²) in [5.74, 6) is -8.17. The molecule has 1 aliphatic heterocycles. The quantitative estimate of drug-likeness (QED) is 0.0489. The lowest BCUT2D eigenvalue weighted by Gasteiger charge is -2.42. The van der Waals surface area contributed by atoms with E-state index in [0.29, 0.717) is 5.56 Å². The number of hydrogen-bond acceptors (Lipinski definition) is 18. The number of anilines is 1. The normalized spacial score (nSPS) is 24.2. The molecular weight excluding hydrogens is 738 g/mol. The Kier molecular flexibility index (Phi) is 18.8. The number of aliphatic hydroxyl groups excluding tert-OH is 9. The van der Waals surface area contributed by atoms with Crippen LogP contribution in [0.25, 0.3) is 0 Å². The number of hydrogen-bond donors (Lipinski definition) is 12. The summed E-state index contributed by atoms with van der Waals surface area (Å²) < 4.78 is 15.3. The average Bonchev–Trinajstić information content (AvgIpc) is 3.13. The van der Waals surface area contributed by atoms with E-state index in [1.54, 1.807) is 12.1 Å². The van der Waals surface area contributed by atoms with Crippen LogP contribution in [-0.4, -0.2) is 162 Å². The summed E-state index contributed by atoms with van der Waals surface area (Å²) in [6.07, 6.45) is -21.9. The first-order valence-corrected chi connectivity index (χ1v) is 17.2. The highest BCUT2D eigenvalue weighted by molar-refractivity contribution is 5.99. The number of primary amides is 1. The monoisotopic (exact) mass is 789 g/mol. The van der Waals surface area contributed by atoms with E-state index in [2.05, 4.69) is 10.6 Å². The molecule has 21 nitrogen and oxygen atoms in total. The topological polar surface area (TPSA) is 362 Å². The van der Waals surface area contributed by atoms with Gasteiger partial charge in [0.25, 0.3) is 0 Å². The van der Waals surface area contributed by atoms with Gasteiger partial charge in [-0.3, -0.25) is 28.8 Å². The van der Waals surface area contributed by atoms with Gasteiger partial charge in [0.15, 0.2) is 17.9 Å². The van der Waals surface area contributed by atoms with Gasteiger partial charge in [-0.15, -0.1) is 0 Å². The van der Waals surface area contributed by atoms with E-state index in [-0.39, 0.29) is 12.3 Å².